The lowest BCUT2D eigenvalue weighted by molar-refractivity contribution is -0.402. The summed E-state index contributed by atoms with van der Waals surface area (Å²) in [5, 5.41) is 19.5. The second-order valence-corrected chi connectivity index (χ2v) is 6.29. The number of nitro groups is 1. The first-order chi connectivity index (χ1) is 13.9. The Kier molecular flexibility index (Phi) is 6.03. The Morgan fingerprint density at radius 2 is 1.86 bits per heavy atom. The van der Waals surface area contributed by atoms with Crippen LogP contribution >= 0.6 is 0 Å². The average molecular weight is 396 g/mol. The summed E-state index contributed by atoms with van der Waals surface area (Å²) in [6.45, 7) is 4.50. The van der Waals surface area contributed by atoms with E-state index in [1.807, 2.05) is 44.2 Å². The largest absolute Gasteiger partial charge is 0.433 e. The van der Waals surface area contributed by atoms with Crippen LogP contribution in [0.5, 0.6) is 0 Å². The number of hydrogen-bond acceptors (Lipinski definition) is 8. The topological polar surface area (TPSA) is 135 Å². The molecule has 0 saturated heterocycles. The van der Waals surface area contributed by atoms with Crippen molar-refractivity contribution < 1.29 is 14.1 Å². The zero-order valence-electron chi connectivity index (χ0n) is 15.9. The van der Waals surface area contributed by atoms with Crippen LogP contribution in [0.3, 0.4) is 0 Å². The van der Waals surface area contributed by atoms with Crippen LogP contribution in [0.25, 0.3) is 0 Å². The van der Waals surface area contributed by atoms with Gasteiger partial charge in [0, 0.05) is 30.5 Å². The number of benzene rings is 1. The number of rotatable bonds is 8. The minimum Gasteiger partial charge on any atom is -0.395 e. The highest BCUT2D eigenvalue weighted by Crippen LogP contribution is 2.17. The van der Waals surface area contributed by atoms with Crippen LogP contribution < -0.4 is 16.0 Å². The molecule has 2 heterocycles. The third-order valence-electron chi connectivity index (χ3n) is 3.87. The maximum absolute atomic E-state index is 11.9. The van der Waals surface area contributed by atoms with E-state index in [4.69, 9.17) is 4.42 Å². The maximum Gasteiger partial charge on any atom is 0.433 e. The van der Waals surface area contributed by atoms with Gasteiger partial charge in [-0.25, -0.2) is 4.98 Å². The molecule has 0 unspecified atom stereocenters. The van der Waals surface area contributed by atoms with Crippen LogP contribution in [0.4, 0.5) is 23.3 Å². The number of nitrogens with one attached hydrogen (secondary N) is 3. The first-order valence-electron chi connectivity index (χ1n) is 8.86. The highest BCUT2D eigenvalue weighted by molar-refractivity contribution is 5.91. The normalized spacial score (nSPS) is 10.4. The van der Waals surface area contributed by atoms with E-state index in [2.05, 4.69) is 25.9 Å². The molecular formula is C19H20N6O4. The third kappa shape index (κ3) is 5.51. The van der Waals surface area contributed by atoms with Gasteiger partial charge in [0.1, 0.15) is 10.7 Å². The molecule has 0 atom stereocenters. The molecule has 0 aliphatic heterocycles. The van der Waals surface area contributed by atoms with Crippen molar-refractivity contribution in [2.24, 2.45) is 0 Å². The van der Waals surface area contributed by atoms with Gasteiger partial charge in [-0.3, -0.25) is 14.9 Å². The zero-order chi connectivity index (χ0) is 20.8. The summed E-state index contributed by atoms with van der Waals surface area (Å²) in [6.07, 6.45) is 0. The van der Waals surface area contributed by atoms with Crippen molar-refractivity contribution in [2.75, 3.05) is 23.7 Å². The fraction of sp³-hybridized carbons (Fsp3) is 0.211. The Balaban J connectivity index is 1.52. The smallest absolute Gasteiger partial charge is 0.395 e. The monoisotopic (exact) mass is 396 g/mol. The highest BCUT2D eigenvalue weighted by atomic mass is 16.6. The van der Waals surface area contributed by atoms with E-state index in [0.29, 0.717) is 18.3 Å². The Morgan fingerprint density at radius 1 is 1.10 bits per heavy atom. The summed E-state index contributed by atoms with van der Waals surface area (Å²) in [5.74, 6) is -0.0619. The Labute approximate surface area is 166 Å². The average Bonchev–Trinajstić information content (AvgIpc) is 3.17. The van der Waals surface area contributed by atoms with Crippen LogP contribution in [0, 0.1) is 24.0 Å². The molecule has 1 amide bonds. The molecule has 0 aliphatic carbocycles. The van der Waals surface area contributed by atoms with Gasteiger partial charge in [0.25, 0.3) is 5.91 Å². The van der Waals surface area contributed by atoms with E-state index in [0.717, 1.165) is 17.4 Å². The summed E-state index contributed by atoms with van der Waals surface area (Å²) in [7, 11) is 0. The van der Waals surface area contributed by atoms with Crippen molar-refractivity contribution in [3.8, 4) is 0 Å². The van der Waals surface area contributed by atoms with Gasteiger partial charge in [0.2, 0.25) is 5.95 Å². The van der Waals surface area contributed by atoms with Gasteiger partial charge in [-0.1, -0.05) is 17.7 Å². The van der Waals surface area contributed by atoms with Crippen molar-refractivity contribution in [1.82, 2.24) is 15.3 Å². The summed E-state index contributed by atoms with van der Waals surface area (Å²) >= 11 is 0. The first-order valence-corrected chi connectivity index (χ1v) is 8.86. The zero-order valence-corrected chi connectivity index (χ0v) is 15.9. The summed E-state index contributed by atoms with van der Waals surface area (Å²) < 4.78 is 4.85. The van der Waals surface area contributed by atoms with Gasteiger partial charge in [-0.05, 0) is 32.0 Å². The molecule has 0 saturated carbocycles. The van der Waals surface area contributed by atoms with Gasteiger partial charge in [0.05, 0.1) is 6.07 Å². The molecule has 0 bridgehead atoms. The maximum atomic E-state index is 11.9. The van der Waals surface area contributed by atoms with E-state index >= 15 is 0 Å². The molecule has 0 aliphatic rings. The number of amides is 1. The molecule has 3 aromatic rings. The van der Waals surface area contributed by atoms with Gasteiger partial charge in [0.15, 0.2) is 5.76 Å². The summed E-state index contributed by atoms with van der Waals surface area (Å²) in [5.41, 5.74) is 2.87. The SMILES string of the molecule is Cc1ccc(Nc2cc(C)nc(NCCNC(=O)c3ccc([N+](=O)[O-])o3)n2)cc1. The van der Waals surface area contributed by atoms with Crippen LogP contribution in [0.2, 0.25) is 0 Å². The van der Waals surface area contributed by atoms with Crippen LogP contribution in [-0.4, -0.2) is 33.9 Å². The number of nitrogens with zero attached hydrogens (tertiary/aromatic N) is 3. The number of hydrogen-bond donors (Lipinski definition) is 3. The Hall–Kier alpha value is -3.95. The molecule has 2 aromatic heterocycles. The number of aromatic nitrogens is 2. The fourth-order valence-corrected chi connectivity index (χ4v) is 2.48. The number of furan rings is 1. The molecule has 10 nitrogen and oxygen atoms in total. The molecule has 29 heavy (non-hydrogen) atoms. The van der Waals surface area contributed by atoms with Crippen LogP contribution in [-0.2, 0) is 0 Å². The standard InChI is InChI=1S/C19H20N6O4/c1-12-3-5-14(6-4-12)23-16-11-13(2)22-19(24-16)21-10-9-20-18(26)15-7-8-17(29-15)25(27)28/h3-8,11H,9-10H2,1-2H3,(H,20,26)(H2,21,22,23,24). The lowest BCUT2D eigenvalue weighted by Gasteiger charge is -2.10. The summed E-state index contributed by atoms with van der Waals surface area (Å²) in [4.78, 5) is 30.6. The number of carbonyl (C=O) groups excluding carboxylic acids is 1. The first kappa shape index (κ1) is 19.8. The molecule has 0 radical (unpaired) electrons. The summed E-state index contributed by atoms with van der Waals surface area (Å²) in [6, 6.07) is 12.2. The van der Waals surface area contributed by atoms with Crippen molar-refractivity contribution >= 4 is 29.2 Å². The van der Waals surface area contributed by atoms with Gasteiger partial charge < -0.3 is 20.4 Å². The molecule has 10 heteroatoms. The quantitative estimate of drug-likeness (QED) is 0.300. The molecule has 3 rings (SSSR count). The molecule has 150 valence electrons. The van der Waals surface area contributed by atoms with Crippen molar-refractivity contribution in [3.63, 3.8) is 0 Å². The number of aryl methyl sites for hydroxylation is 2. The van der Waals surface area contributed by atoms with Gasteiger partial charge in [-0.2, -0.15) is 4.98 Å². The second-order valence-electron chi connectivity index (χ2n) is 6.29. The van der Waals surface area contributed by atoms with E-state index < -0.39 is 16.7 Å². The van der Waals surface area contributed by atoms with Gasteiger partial charge >= 0.3 is 5.88 Å². The Morgan fingerprint density at radius 3 is 2.55 bits per heavy atom. The predicted octanol–water partition coefficient (Wildman–Crippen LogP) is 3.18. The lowest BCUT2D eigenvalue weighted by atomic mass is 10.2. The molecule has 0 spiro atoms. The van der Waals surface area contributed by atoms with Crippen LogP contribution in [0.1, 0.15) is 21.8 Å². The second kappa shape index (κ2) is 8.83. The van der Waals surface area contributed by atoms with Crippen LogP contribution in [0.15, 0.2) is 46.9 Å². The van der Waals surface area contributed by atoms with Gasteiger partial charge in [-0.15, -0.1) is 0 Å². The predicted molar refractivity (Wildman–Crippen MR) is 107 cm³/mol. The highest BCUT2D eigenvalue weighted by Gasteiger charge is 2.16. The molecule has 0 fully saturated rings. The van der Waals surface area contributed by atoms with E-state index in [9.17, 15) is 14.9 Å². The number of carbonyl (C=O) groups is 1. The Bertz CT molecular complexity index is 1020. The fourth-order valence-electron chi connectivity index (χ4n) is 2.48. The van der Waals surface area contributed by atoms with E-state index in [1.54, 1.807) is 0 Å². The molecule has 1 aromatic carbocycles. The van der Waals surface area contributed by atoms with Crippen molar-refractivity contribution in [3.05, 3.63) is 69.6 Å². The van der Waals surface area contributed by atoms with Crippen molar-refractivity contribution in [1.29, 1.82) is 0 Å². The molecule has 3 N–H and O–H groups in total. The lowest BCUT2D eigenvalue weighted by Crippen LogP contribution is -2.28. The molecular weight excluding hydrogens is 376 g/mol. The third-order valence-corrected chi connectivity index (χ3v) is 3.87. The minimum atomic E-state index is -0.699. The van der Waals surface area contributed by atoms with Crippen molar-refractivity contribution in [2.45, 2.75) is 13.8 Å². The van der Waals surface area contributed by atoms with E-state index in [-0.39, 0.29) is 12.3 Å². The van der Waals surface area contributed by atoms with E-state index in [1.165, 1.54) is 11.6 Å². The minimum absolute atomic E-state index is 0.118. The number of anilines is 3.